The van der Waals surface area contributed by atoms with Gasteiger partial charge in [-0.25, -0.2) is 9.98 Å². The van der Waals surface area contributed by atoms with E-state index in [1.165, 1.54) is 11.8 Å². The summed E-state index contributed by atoms with van der Waals surface area (Å²) in [6.07, 6.45) is 0.706. The number of aryl methyl sites for hydroxylation is 1. The van der Waals surface area contributed by atoms with Gasteiger partial charge < -0.3 is 5.32 Å². The number of aromatic nitrogens is 1. The van der Waals surface area contributed by atoms with Crippen LogP contribution in [0.4, 0.5) is 5.82 Å². The van der Waals surface area contributed by atoms with Crippen molar-refractivity contribution >= 4 is 28.7 Å². The highest BCUT2D eigenvalue weighted by Crippen LogP contribution is 2.25. The lowest BCUT2D eigenvalue weighted by Crippen LogP contribution is -2.25. The van der Waals surface area contributed by atoms with E-state index in [-0.39, 0.29) is 11.2 Å². The summed E-state index contributed by atoms with van der Waals surface area (Å²) in [4.78, 5) is 20.7. The van der Waals surface area contributed by atoms with Gasteiger partial charge in [0.15, 0.2) is 11.0 Å². The number of carbonyl (C=O) groups is 1. The van der Waals surface area contributed by atoms with Crippen LogP contribution in [0.5, 0.6) is 0 Å². The number of amides is 1. The molecule has 0 bridgehead atoms. The fourth-order valence-corrected chi connectivity index (χ4v) is 3.13. The summed E-state index contributed by atoms with van der Waals surface area (Å²) in [5.74, 6) is 0.633. The molecule has 0 aliphatic carbocycles. The molecule has 1 aromatic carbocycles. The van der Waals surface area contributed by atoms with Gasteiger partial charge in [-0.1, -0.05) is 48.2 Å². The van der Waals surface area contributed by atoms with E-state index in [1.54, 1.807) is 0 Å². The van der Waals surface area contributed by atoms with E-state index >= 15 is 0 Å². The molecule has 1 amide bonds. The topological polar surface area (TPSA) is 54.4 Å². The molecule has 21 heavy (non-hydrogen) atoms. The minimum absolute atomic E-state index is 0.00950. The Morgan fingerprint density at radius 3 is 2.76 bits per heavy atom. The molecule has 1 aliphatic rings. The SMILES string of the molecule is Cc1cccc(/N=C2\NC(=O)[C@@H](Cc3ccccc3)S2)n1. The Morgan fingerprint density at radius 2 is 2.00 bits per heavy atom. The van der Waals surface area contributed by atoms with Crippen LogP contribution < -0.4 is 5.32 Å². The molecule has 5 heteroatoms. The van der Waals surface area contributed by atoms with Gasteiger partial charge in [-0.2, -0.15) is 0 Å². The molecule has 1 N–H and O–H groups in total. The second-order valence-electron chi connectivity index (χ2n) is 4.84. The lowest BCUT2D eigenvalue weighted by Gasteiger charge is -2.04. The number of aliphatic imine (C=N–C) groups is 1. The molecule has 3 rings (SSSR count). The van der Waals surface area contributed by atoms with Crippen molar-refractivity contribution in [3.05, 3.63) is 59.8 Å². The maximum absolute atomic E-state index is 12.0. The average molecular weight is 297 g/mol. The number of nitrogens with one attached hydrogen (secondary N) is 1. The number of thioether (sulfide) groups is 1. The van der Waals surface area contributed by atoms with E-state index in [0.29, 0.717) is 17.4 Å². The van der Waals surface area contributed by atoms with E-state index in [2.05, 4.69) is 15.3 Å². The standard InChI is InChI=1S/C16H15N3OS/c1-11-6-5-9-14(17-11)18-16-19-15(20)13(21-16)10-12-7-3-2-4-8-12/h2-9,13H,10H2,1H3,(H,17,18,19,20)/t13-/m1/s1. The minimum Gasteiger partial charge on any atom is -0.304 e. The van der Waals surface area contributed by atoms with Crippen LogP contribution >= 0.6 is 11.8 Å². The summed E-state index contributed by atoms with van der Waals surface area (Å²) in [6.45, 7) is 1.92. The van der Waals surface area contributed by atoms with Gasteiger partial charge in [-0.3, -0.25) is 4.79 Å². The van der Waals surface area contributed by atoms with Crippen molar-refractivity contribution in [2.75, 3.05) is 0 Å². The first-order chi connectivity index (χ1) is 10.2. The number of amidine groups is 1. The van der Waals surface area contributed by atoms with Gasteiger partial charge >= 0.3 is 0 Å². The number of benzene rings is 1. The fraction of sp³-hybridized carbons (Fsp3) is 0.188. The van der Waals surface area contributed by atoms with Gasteiger partial charge in [0.1, 0.15) is 0 Å². The zero-order valence-electron chi connectivity index (χ0n) is 11.6. The number of carbonyl (C=O) groups excluding carboxylic acids is 1. The molecule has 2 aromatic rings. The Morgan fingerprint density at radius 1 is 1.19 bits per heavy atom. The molecule has 2 heterocycles. The smallest absolute Gasteiger partial charge is 0.239 e. The van der Waals surface area contributed by atoms with Crippen molar-refractivity contribution in [1.82, 2.24) is 10.3 Å². The fourth-order valence-electron chi connectivity index (χ4n) is 2.12. The van der Waals surface area contributed by atoms with Crippen molar-refractivity contribution in [3.8, 4) is 0 Å². The number of hydrogen-bond acceptors (Lipinski definition) is 4. The highest BCUT2D eigenvalue weighted by atomic mass is 32.2. The Bertz CT molecular complexity index is 685. The van der Waals surface area contributed by atoms with Crippen molar-refractivity contribution < 1.29 is 4.79 Å². The van der Waals surface area contributed by atoms with Crippen molar-refractivity contribution in [2.24, 2.45) is 4.99 Å². The lowest BCUT2D eigenvalue weighted by atomic mass is 10.1. The second-order valence-corrected chi connectivity index (χ2v) is 6.03. The molecule has 0 saturated carbocycles. The molecule has 1 saturated heterocycles. The molecular formula is C16H15N3OS. The van der Waals surface area contributed by atoms with Gasteiger partial charge in [0.05, 0.1) is 5.25 Å². The van der Waals surface area contributed by atoms with Crippen LogP contribution in [0.15, 0.2) is 53.5 Å². The third-order valence-corrected chi connectivity index (χ3v) is 4.21. The summed E-state index contributed by atoms with van der Waals surface area (Å²) in [5, 5.41) is 3.32. The quantitative estimate of drug-likeness (QED) is 0.948. The van der Waals surface area contributed by atoms with Gasteiger partial charge in [-0.05, 0) is 31.0 Å². The molecule has 1 atom stereocenters. The number of pyridine rings is 1. The summed E-state index contributed by atoms with van der Waals surface area (Å²) in [7, 11) is 0. The Kier molecular flexibility index (Phi) is 4.01. The summed E-state index contributed by atoms with van der Waals surface area (Å²) in [6, 6.07) is 15.7. The monoisotopic (exact) mass is 297 g/mol. The average Bonchev–Trinajstić information content (AvgIpc) is 2.80. The van der Waals surface area contributed by atoms with Gasteiger partial charge in [0, 0.05) is 5.69 Å². The molecule has 0 spiro atoms. The predicted octanol–water partition coefficient (Wildman–Crippen LogP) is 2.85. The number of nitrogens with zero attached hydrogens (tertiary/aromatic N) is 2. The van der Waals surface area contributed by atoms with Crippen LogP contribution in [-0.2, 0) is 11.2 Å². The molecule has 0 radical (unpaired) electrons. The van der Waals surface area contributed by atoms with Crippen molar-refractivity contribution in [2.45, 2.75) is 18.6 Å². The predicted molar refractivity (Wildman–Crippen MR) is 85.7 cm³/mol. The zero-order chi connectivity index (χ0) is 14.7. The molecule has 0 unspecified atom stereocenters. The van der Waals surface area contributed by atoms with Crippen LogP contribution in [0.1, 0.15) is 11.3 Å². The van der Waals surface area contributed by atoms with Crippen LogP contribution in [0.3, 0.4) is 0 Å². The molecule has 4 nitrogen and oxygen atoms in total. The molecular weight excluding hydrogens is 282 g/mol. The normalized spacial score (nSPS) is 19.8. The summed E-state index contributed by atoms with van der Waals surface area (Å²) in [5.41, 5.74) is 2.06. The Hall–Kier alpha value is -2.14. The van der Waals surface area contributed by atoms with Crippen molar-refractivity contribution in [3.63, 3.8) is 0 Å². The maximum atomic E-state index is 12.0. The number of rotatable bonds is 3. The maximum Gasteiger partial charge on any atom is 0.239 e. The highest BCUT2D eigenvalue weighted by molar-refractivity contribution is 8.15. The summed E-state index contributed by atoms with van der Waals surface area (Å²) < 4.78 is 0. The lowest BCUT2D eigenvalue weighted by molar-refractivity contribution is -0.118. The van der Waals surface area contributed by atoms with Crippen LogP contribution in [-0.4, -0.2) is 21.3 Å². The van der Waals surface area contributed by atoms with Crippen LogP contribution in [0.2, 0.25) is 0 Å². The first kappa shape index (κ1) is 13.8. The minimum atomic E-state index is -0.129. The van der Waals surface area contributed by atoms with Gasteiger partial charge in [-0.15, -0.1) is 0 Å². The third kappa shape index (κ3) is 3.49. The Balaban J connectivity index is 1.72. The second kappa shape index (κ2) is 6.10. The zero-order valence-corrected chi connectivity index (χ0v) is 12.4. The van der Waals surface area contributed by atoms with Crippen LogP contribution in [0, 0.1) is 6.92 Å². The first-order valence-corrected chi connectivity index (χ1v) is 7.62. The largest absolute Gasteiger partial charge is 0.304 e. The third-order valence-electron chi connectivity index (χ3n) is 3.13. The van der Waals surface area contributed by atoms with E-state index in [0.717, 1.165) is 11.3 Å². The molecule has 1 aliphatic heterocycles. The molecule has 1 aromatic heterocycles. The first-order valence-electron chi connectivity index (χ1n) is 6.74. The van der Waals surface area contributed by atoms with Gasteiger partial charge in [0.2, 0.25) is 5.91 Å². The molecule has 1 fully saturated rings. The van der Waals surface area contributed by atoms with E-state index < -0.39 is 0 Å². The summed E-state index contributed by atoms with van der Waals surface area (Å²) >= 11 is 1.46. The van der Waals surface area contributed by atoms with Crippen molar-refractivity contribution in [1.29, 1.82) is 0 Å². The van der Waals surface area contributed by atoms with E-state index in [1.807, 2.05) is 55.5 Å². The van der Waals surface area contributed by atoms with E-state index in [9.17, 15) is 4.79 Å². The van der Waals surface area contributed by atoms with Gasteiger partial charge in [0.25, 0.3) is 0 Å². The number of hydrogen-bond donors (Lipinski definition) is 1. The van der Waals surface area contributed by atoms with Crippen LogP contribution in [0.25, 0.3) is 0 Å². The Labute approximate surface area is 127 Å². The van der Waals surface area contributed by atoms with E-state index in [4.69, 9.17) is 0 Å². The molecule has 106 valence electrons. The highest BCUT2D eigenvalue weighted by Gasteiger charge is 2.30.